The fourth-order valence-corrected chi connectivity index (χ4v) is 3.68. The summed E-state index contributed by atoms with van der Waals surface area (Å²) in [4.78, 5) is 43.3. The van der Waals surface area contributed by atoms with E-state index in [1.54, 1.807) is 73.3 Å². The van der Waals surface area contributed by atoms with E-state index in [4.69, 9.17) is 10.5 Å². The molecule has 1 heterocycles. The van der Waals surface area contributed by atoms with Gasteiger partial charge in [-0.25, -0.2) is 4.98 Å². The number of nitrogens with one attached hydrogen (secondary N) is 1. The fraction of sp³-hybridized carbons (Fsp3) is 0.154. The number of ether oxygens (including phenoxy) is 1. The topological polar surface area (TPSA) is 120 Å². The van der Waals surface area contributed by atoms with Gasteiger partial charge in [-0.05, 0) is 54.6 Å². The van der Waals surface area contributed by atoms with Gasteiger partial charge in [0.25, 0.3) is 11.8 Å². The zero-order valence-corrected chi connectivity index (χ0v) is 19.4. The second-order valence-electron chi connectivity index (χ2n) is 7.89. The molecule has 0 aliphatic carbocycles. The number of methoxy groups -OCH3 is 1. The number of nitrogens with two attached hydrogens (primary N) is 1. The molecule has 0 fully saturated rings. The molecule has 0 spiro atoms. The number of aryl methyl sites for hydroxylation is 1. The van der Waals surface area contributed by atoms with Crippen molar-refractivity contribution in [3.8, 4) is 5.75 Å². The van der Waals surface area contributed by atoms with Crippen molar-refractivity contribution in [2.45, 2.75) is 13.0 Å². The van der Waals surface area contributed by atoms with Gasteiger partial charge in [0.2, 0.25) is 11.9 Å². The number of carbonyl (C=O) groups excluding carboxylic acids is 3. The number of anilines is 2. The number of hydrogen-bond donors (Lipinski definition) is 2. The highest BCUT2D eigenvalue weighted by Crippen LogP contribution is 2.26. The van der Waals surface area contributed by atoms with Crippen LogP contribution in [0.2, 0.25) is 0 Å². The standard InChI is InChI=1S/C26H25N5O4/c1-30(25(34)18-6-4-3-5-7-18)19-10-13-22-21(16-19)28-26(31(22)15-14-23(27)32)29-24(33)17-8-11-20(35-2)12-9-17/h3-13,16H,14-15H2,1-2H3,(H2,27,32)(H,28,29,33). The fourth-order valence-electron chi connectivity index (χ4n) is 3.68. The lowest BCUT2D eigenvalue weighted by atomic mass is 10.2. The van der Waals surface area contributed by atoms with E-state index in [1.807, 2.05) is 18.2 Å². The van der Waals surface area contributed by atoms with Crippen molar-refractivity contribution in [1.82, 2.24) is 9.55 Å². The maximum Gasteiger partial charge on any atom is 0.258 e. The van der Waals surface area contributed by atoms with E-state index in [0.29, 0.717) is 33.6 Å². The Morgan fingerprint density at radius 3 is 2.37 bits per heavy atom. The molecule has 178 valence electrons. The summed E-state index contributed by atoms with van der Waals surface area (Å²) in [6.45, 7) is 0.238. The third kappa shape index (κ3) is 5.14. The van der Waals surface area contributed by atoms with Crippen LogP contribution in [-0.2, 0) is 11.3 Å². The SMILES string of the molecule is COc1ccc(C(=O)Nc2nc3cc(N(C)C(=O)c4ccccc4)ccc3n2CCC(N)=O)cc1. The lowest BCUT2D eigenvalue weighted by Gasteiger charge is -2.17. The van der Waals surface area contributed by atoms with Gasteiger partial charge < -0.3 is 19.9 Å². The zero-order chi connectivity index (χ0) is 24.9. The van der Waals surface area contributed by atoms with Crippen molar-refractivity contribution in [3.63, 3.8) is 0 Å². The molecular formula is C26H25N5O4. The second kappa shape index (κ2) is 10.1. The average Bonchev–Trinajstić information content (AvgIpc) is 3.22. The minimum atomic E-state index is -0.468. The Labute approximate surface area is 202 Å². The van der Waals surface area contributed by atoms with Crippen LogP contribution in [0.5, 0.6) is 5.75 Å². The van der Waals surface area contributed by atoms with Gasteiger partial charge in [0.1, 0.15) is 5.75 Å². The Morgan fingerprint density at radius 1 is 1.00 bits per heavy atom. The molecule has 0 aliphatic rings. The molecule has 0 aliphatic heterocycles. The predicted molar refractivity (Wildman–Crippen MR) is 134 cm³/mol. The number of rotatable bonds is 8. The molecule has 0 bridgehead atoms. The summed E-state index contributed by atoms with van der Waals surface area (Å²) in [7, 11) is 3.24. The summed E-state index contributed by atoms with van der Waals surface area (Å²) in [5, 5.41) is 2.81. The first-order valence-corrected chi connectivity index (χ1v) is 10.9. The third-order valence-corrected chi connectivity index (χ3v) is 5.60. The minimum absolute atomic E-state index is 0.0744. The van der Waals surface area contributed by atoms with E-state index in [1.165, 1.54) is 4.90 Å². The minimum Gasteiger partial charge on any atom is -0.497 e. The predicted octanol–water partition coefficient (Wildman–Crippen LogP) is 3.45. The normalized spacial score (nSPS) is 10.7. The second-order valence-corrected chi connectivity index (χ2v) is 7.89. The van der Waals surface area contributed by atoms with Crippen molar-refractivity contribution >= 4 is 40.4 Å². The highest BCUT2D eigenvalue weighted by atomic mass is 16.5. The first kappa shape index (κ1) is 23.5. The molecule has 0 saturated carbocycles. The van der Waals surface area contributed by atoms with Crippen LogP contribution < -0.4 is 20.7 Å². The highest BCUT2D eigenvalue weighted by Gasteiger charge is 2.18. The Hall–Kier alpha value is -4.66. The summed E-state index contributed by atoms with van der Waals surface area (Å²) in [6, 6.07) is 21.0. The number of nitrogens with zero attached hydrogens (tertiary/aromatic N) is 3. The van der Waals surface area contributed by atoms with Gasteiger partial charge in [0, 0.05) is 36.8 Å². The first-order chi connectivity index (χ1) is 16.9. The maximum absolute atomic E-state index is 12.9. The number of imidazole rings is 1. The van der Waals surface area contributed by atoms with Crippen LogP contribution in [0, 0.1) is 0 Å². The Morgan fingerprint density at radius 2 is 1.71 bits per heavy atom. The monoisotopic (exact) mass is 471 g/mol. The number of fused-ring (bicyclic) bond motifs is 1. The molecule has 4 rings (SSSR count). The molecule has 0 saturated heterocycles. The smallest absolute Gasteiger partial charge is 0.258 e. The van der Waals surface area contributed by atoms with E-state index in [9.17, 15) is 14.4 Å². The number of amides is 3. The lowest BCUT2D eigenvalue weighted by molar-refractivity contribution is -0.118. The Bertz CT molecular complexity index is 1380. The van der Waals surface area contributed by atoms with E-state index in [-0.39, 0.29) is 30.7 Å². The van der Waals surface area contributed by atoms with Crippen molar-refractivity contribution in [2.75, 3.05) is 24.4 Å². The van der Waals surface area contributed by atoms with Gasteiger partial charge in [-0.1, -0.05) is 18.2 Å². The molecule has 3 N–H and O–H groups in total. The van der Waals surface area contributed by atoms with Crippen LogP contribution in [0.1, 0.15) is 27.1 Å². The van der Waals surface area contributed by atoms with Crippen molar-refractivity contribution in [3.05, 3.63) is 83.9 Å². The number of carbonyl (C=O) groups is 3. The molecule has 9 heteroatoms. The van der Waals surface area contributed by atoms with Crippen LogP contribution in [0.4, 0.5) is 11.6 Å². The molecule has 3 aromatic carbocycles. The van der Waals surface area contributed by atoms with Crippen LogP contribution >= 0.6 is 0 Å². The molecule has 0 unspecified atom stereocenters. The molecule has 3 amide bonds. The number of hydrogen-bond acceptors (Lipinski definition) is 5. The number of aromatic nitrogens is 2. The first-order valence-electron chi connectivity index (χ1n) is 10.9. The van der Waals surface area contributed by atoms with Gasteiger partial charge in [0.15, 0.2) is 0 Å². The highest BCUT2D eigenvalue weighted by molar-refractivity contribution is 6.07. The Kier molecular flexibility index (Phi) is 6.77. The van der Waals surface area contributed by atoms with Gasteiger partial charge in [0.05, 0.1) is 18.1 Å². The maximum atomic E-state index is 12.9. The van der Waals surface area contributed by atoms with Crippen molar-refractivity contribution in [1.29, 1.82) is 0 Å². The van der Waals surface area contributed by atoms with Crippen LogP contribution in [0.25, 0.3) is 11.0 Å². The summed E-state index contributed by atoms with van der Waals surface area (Å²) in [5.74, 6) is -0.0803. The molecule has 9 nitrogen and oxygen atoms in total. The molecule has 0 atom stereocenters. The van der Waals surface area contributed by atoms with Crippen LogP contribution in [0.15, 0.2) is 72.8 Å². The van der Waals surface area contributed by atoms with Crippen molar-refractivity contribution < 1.29 is 19.1 Å². The van der Waals surface area contributed by atoms with Crippen LogP contribution in [0.3, 0.4) is 0 Å². The average molecular weight is 472 g/mol. The van der Waals surface area contributed by atoms with E-state index < -0.39 is 5.91 Å². The molecular weight excluding hydrogens is 446 g/mol. The molecule has 4 aromatic rings. The zero-order valence-electron chi connectivity index (χ0n) is 19.4. The molecule has 35 heavy (non-hydrogen) atoms. The van der Waals surface area contributed by atoms with E-state index in [0.717, 1.165) is 0 Å². The van der Waals surface area contributed by atoms with Gasteiger partial charge in [-0.15, -0.1) is 0 Å². The molecule has 0 radical (unpaired) electrons. The van der Waals surface area contributed by atoms with E-state index in [2.05, 4.69) is 10.3 Å². The van der Waals surface area contributed by atoms with Gasteiger partial charge in [-0.2, -0.15) is 0 Å². The van der Waals surface area contributed by atoms with Crippen LogP contribution in [-0.4, -0.2) is 41.4 Å². The summed E-state index contributed by atoms with van der Waals surface area (Å²) >= 11 is 0. The van der Waals surface area contributed by atoms with Gasteiger partial charge in [-0.3, -0.25) is 19.7 Å². The molecule has 1 aromatic heterocycles. The van der Waals surface area contributed by atoms with E-state index >= 15 is 0 Å². The van der Waals surface area contributed by atoms with Crippen molar-refractivity contribution in [2.24, 2.45) is 5.73 Å². The van der Waals surface area contributed by atoms with Gasteiger partial charge >= 0.3 is 0 Å². The third-order valence-electron chi connectivity index (χ3n) is 5.60. The lowest BCUT2D eigenvalue weighted by Crippen LogP contribution is -2.26. The summed E-state index contributed by atoms with van der Waals surface area (Å²) in [5.41, 5.74) is 8.24. The summed E-state index contributed by atoms with van der Waals surface area (Å²) in [6.07, 6.45) is 0.0744. The summed E-state index contributed by atoms with van der Waals surface area (Å²) < 4.78 is 6.86. The number of primary amides is 1. The largest absolute Gasteiger partial charge is 0.497 e. The Balaban J connectivity index is 1.66. The number of benzene rings is 3. The quantitative estimate of drug-likeness (QED) is 0.408.